The molecule has 0 N–H and O–H groups in total. The Morgan fingerprint density at radius 1 is 1.50 bits per heavy atom. The Balaban J connectivity index is 1.72. The summed E-state index contributed by atoms with van der Waals surface area (Å²) in [5.74, 6) is 0. The molecule has 0 aromatic rings. The van der Waals surface area contributed by atoms with Crippen LogP contribution in [0, 0.1) is 6.92 Å². The molecular formula is C10H17O2. The molecule has 0 spiro atoms. The monoisotopic (exact) mass is 169 g/mol. The van der Waals surface area contributed by atoms with Gasteiger partial charge in [-0.15, -0.1) is 0 Å². The summed E-state index contributed by atoms with van der Waals surface area (Å²) in [5.41, 5.74) is 0. The Morgan fingerprint density at radius 3 is 3.00 bits per heavy atom. The molecule has 0 aromatic heterocycles. The molecular weight excluding hydrogens is 152 g/mol. The summed E-state index contributed by atoms with van der Waals surface area (Å²) in [5, 5.41) is 0. The van der Waals surface area contributed by atoms with Gasteiger partial charge >= 0.3 is 0 Å². The van der Waals surface area contributed by atoms with Gasteiger partial charge in [-0.25, -0.2) is 0 Å². The average Bonchev–Trinajstić information content (AvgIpc) is 2.87. The van der Waals surface area contributed by atoms with Gasteiger partial charge in [-0.2, -0.15) is 0 Å². The molecule has 1 unspecified atom stereocenters. The minimum Gasteiger partial charge on any atom is -0.379 e. The predicted molar refractivity (Wildman–Crippen MR) is 48.9 cm³/mol. The second-order valence-electron chi connectivity index (χ2n) is 2.93. The fourth-order valence-electron chi connectivity index (χ4n) is 0.918. The van der Waals surface area contributed by atoms with Crippen LogP contribution in [0.3, 0.4) is 0 Å². The molecule has 0 bridgehead atoms. The molecule has 69 valence electrons. The van der Waals surface area contributed by atoms with Crippen LogP contribution < -0.4 is 0 Å². The van der Waals surface area contributed by atoms with Gasteiger partial charge in [-0.05, 0) is 26.2 Å². The maximum Gasteiger partial charge on any atom is 0.104 e. The second-order valence-corrected chi connectivity index (χ2v) is 2.93. The van der Waals surface area contributed by atoms with Crippen LogP contribution in [-0.2, 0) is 9.47 Å². The van der Waals surface area contributed by atoms with Crippen molar-refractivity contribution in [3.05, 3.63) is 19.1 Å². The normalized spacial score (nSPS) is 21.9. The van der Waals surface area contributed by atoms with Crippen LogP contribution in [-0.4, -0.2) is 25.9 Å². The molecule has 0 aromatic carbocycles. The Kier molecular flexibility index (Phi) is 5.04. The first-order valence-electron chi connectivity index (χ1n) is 4.57. The number of hydrogen-bond acceptors (Lipinski definition) is 2. The van der Waals surface area contributed by atoms with Crippen molar-refractivity contribution in [3.63, 3.8) is 0 Å². The molecule has 1 fully saturated rings. The molecule has 1 aliphatic rings. The maximum atomic E-state index is 5.36. The zero-order valence-corrected chi connectivity index (χ0v) is 7.50. The summed E-state index contributed by atoms with van der Waals surface area (Å²) in [6.07, 6.45) is 7.73. The van der Waals surface area contributed by atoms with Gasteiger partial charge in [0.2, 0.25) is 0 Å². The molecule has 1 heterocycles. The van der Waals surface area contributed by atoms with Crippen LogP contribution in [0.15, 0.2) is 12.2 Å². The quantitative estimate of drug-likeness (QED) is 0.330. The van der Waals surface area contributed by atoms with Crippen molar-refractivity contribution in [1.82, 2.24) is 0 Å². The van der Waals surface area contributed by atoms with Gasteiger partial charge in [0.25, 0.3) is 0 Å². The lowest BCUT2D eigenvalue weighted by molar-refractivity contribution is 0.115. The minimum absolute atomic E-state index is 0.403. The van der Waals surface area contributed by atoms with Crippen molar-refractivity contribution in [1.29, 1.82) is 0 Å². The van der Waals surface area contributed by atoms with Crippen molar-refractivity contribution >= 4 is 0 Å². The summed E-state index contributed by atoms with van der Waals surface area (Å²) in [4.78, 5) is 0. The van der Waals surface area contributed by atoms with E-state index in [2.05, 4.69) is 19.1 Å². The Hall–Kier alpha value is -0.340. The van der Waals surface area contributed by atoms with E-state index >= 15 is 0 Å². The minimum atomic E-state index is 0.403. The Bertz CT molecular complexity index is 128. The van der Waals surface area contributed by atoms with Gasteiger partial charge in [-0.1, -0.05) is 12.2 Å². The van der Waals surface area contributed by atoms with Gasteiger partial charge < -0.3 is 9.47 Å². The lowest BCUT2D eigenvalue weighted by Gasteiger charge is -1.98. The fourth-order valence-corrected chi connectivity index (χ4v) is 0.918. The van der Waals surface area contributed by atoms with Crippen LogP contribution in [0.4, 0.5) is 0 Å². The molecule has 1 rings (SSSR count). The van der Waals surface area contributed by atoms with Crippen LogP contribution >= 0.6 is 0 Å². The largest absolute Gasteiger partial charge is 0.379 e. The second kappa shape index (κ2) is 6.21. The first kappa shape index (κ1) is 9.75. The van der Waals surface area contributed by atoms with Gasteiger partial charge in [0.1, 0.15) is 6.10 Å². The van der Waals surface area contributed by atoms with Gasteiger partial charge in [-0.3, -0.25) is 0 Å². The zero-order valence-electron chi connectivity index (χ0n) is 7.50. The van der Waals surface area contributed by atoms with Gasteiger partial charge in [0.15, 0.2) is 0 Å². The van der Waals surface area contributed by atoms with E-state index in [0.29, 0.717) is 6.10 Å². The number of unbranched alkanes of at least 4 members (excludes halogenated alkanes) is 1. The van der Waals surface area contributed by atoms with Crippen LogP contribution in [0.1, 0.15) is 19.3 Å². The van der Waals surface area contributed by atoms with E-state index in [1.165, 1.54) is 0 Å². The molecule has 12 heavy (non-hydrogen) atoms. The molecule has 1 atom stereocenters. The van der Waals surface area contributed by atoms with Crippen molar-refractivity contribution in [2.45, 2.75) is 25.4 Å². The van der Waals surface area contributed by atoms with E-state index in [4.69, 9.17) is 9.47 Å². The van der Waals surface area contributed by atoms with Crippen LogP contribution in [0.5, 0.6) is 0 Å². The average molecular weight is 169 g/mol. The van der Waals surface area contributed by atoms with Crippen molar-refractivity contribution in [2.24, 2.45) is 0 Å². The molecule has 1 saturated heterocycles. The highest BCUT2D eigenvalue weighted by Crippen LogP contribution is 2.08. The van der Waals surface area contributed by atoms with E-state index < -0.39 is 0 Å². The summed E-state index contributed by atoms with van der Waals surface area (Å²) >= 11 is 0. The van der Waals surface area contributed by atoms with E-state index in [1.54, 1.807) is 0 Å². The lowest BCUT2D eigenvalue weighted by Crippen LogP contribution is -2.02. The van der Waals surface area contributed by atoms with Crippen LogP contribution in [0.2, 0.25) is 0 Å². The number of epoxide rings is 1. The topological polar surface area (TPSA) is 21.8 Å². The third kappa shape index (κ3) is 5.33. The fraction of sp³-hybridized carbons (Fsp3) is 0.700. The van der Waals surface area contributed by atoms with Gasteiger partial charge in [0.05, 0.1) is 13.2 Å². The van der Waals surface area contributed by atoms with E-state index in [9.17, 15) is 0 Å². The maximum absolute atomic E-state index is 5.36. The van der Waals surface area contributed by atoms with E-state index in [1.807, 2.05) is 0 Å². The summed E-state index contributed by atoms with van der Waals surface area (Å²) in [6.45, 7) is 6.23. The highest BCUT2D eigenvalue weighted by atomic mass is 16.6. The van der Waals surface area contributed by atoms with E-state index in [-0.39, 0.29) is 0 Å². The van der Waals surface area contributed by atoms with Crippen molar-refractivity contribution in [2.75, 3.05) is 19.8 Å². The molecule has 1 aliphatic heterocycles. The third-order valence-electron chi connectivity index (χ3n) is 1.70. The third-order valence-corrected chi connectivity index (χ3v) is 1.70. The summed E-state index contributed by atoms with van der Waals surface area (Å²) in [6, 6.07) is 0. The molecule has 0 amide bonds. The smallest absolute Gasteiger partial charge is 0.104 e. The number of hydrogen-bond donors (Lipinski definition) is 0. The molecule has 2 heteroatoms. The molecule has 0 aliphatic carbocycles. The molecule has 2 nitrogen and oxygen atoms in total. The number of rotatable bonds is 7. The zero-order chi connectivity index (χ0) is 8.65. The first-order valence-corrected chi connectivity index (χ1v) is 4.57. The highest BCUT2D eigenvalue weighted by molar-refractivity contribution is 4.81. The van der Waals surface area contributed by atoms with Gasteiger partial charge in [0, 0.05) is 6.61 Å². The SMILES string of the molecule is [CH2]CC=CCCCOCC1CO1. The highest BCUT2D eigenvalue weighted by Gasteiger charge is 2.21. The number of allylic oxidation sites excluding steroid dienone is 2. The number of ether oxygens (including phenoxy) is 2. The first-order chi connectivity index (χ1) is 5.93. The van der Waals surface area contributed by atoms with Crippen molar-refractivity contribution in [3.8, 4) is 0 Å². The lowest BCUT2D eigenvalue weighted by atomic mass is 10.3. The Morgan fingerprint density at radius 2 is 2.33 bits per heavy atom. The van der Waals surface area contributed by atoms with Crippen LogP contribution in [0.25, 0.3) is 0 Å². The summed E-state index contributed by atoms with van der Waals surface area (Å²) < 4.78 is 10.4. The summed E-state index contributed by atoms with van der Waals surface area (Å²) in [7, 11) is 0. The predicted octanol–water partition coefficient (Wildman–Crippen LogP) is 1.96. The van der Waals surface area contributed by atoms with E-state index in [0.717, 1.165) is 39.1 Å². The Labute approximate surface area is 74.6 Å². The molecule has 0 saturated carbocycles. The van der Waals surface area contributed by atoms with Crippen molar-refractivity contribution < 1.29 is 9.47 Å². The molecule has 1 radical (unpaired) electrons. The standard InChI is InChI=1S/C10H17O2/c1-2-3-4-5-6-7-11-8-10-9-12-10/h3-4,10H,1-2,5-9H2.